The zero-order valence-electron chi connectivity index (χ0n) is 13.9. The van der Waals surface area contributed by atoms with Crippen LogP contribution in [0.2, 0.25) is 0 Å². The molecule has 0 radical (unpaired) electrons. The van der Waals surface area contributed by atoms with Crippen molar-refractivity contribution >= 4 is 12.0 Å². The van der Waals surface area contributed by atoms with E-state index in [2.05, 4.69) is 5.10 Å². The minimum Gasteiger partial charge on any atom is -0.381 e. The van der Waals surface area contributed by atoms with E-state index in [1.807, 2.05) is 28.6 Å². The van der Waals surface area contributed by atoms with Gasteiger partial charge in [0.1, 0.15) is 0 Å². The van der Waals surface area contributed by atoms with Crippen LogP contribution in [-0.2, 0) is 20.8 Å². The molecule has 0 bridgehead atoms. The monoisotopic (exact) mass is 319 g/mol. The summed E-state index contributed by atoms with van der Waals surface area (Å²) in [5.74, 6) is 0.0453. The highest BCUT2D eigenvalue weighted by atomic mass is 16.5. The number of methoxy groups -OCH3 is 1. The molecule has 0 spiro atoms. The Labute approximate surface area is 137 Å². The molecule has 6 heteroatoms. The van der Waals surface area contributed by atoms with Crippen molar-refractivity contribution in [3.63, 3.8) is 0 Å². The minimum atomic E-state index is 0.0453. The van der Waals surface area contributed by atoms with E-state index in [1.165, 1.54) is 0 Å². The van der Waals surface area contributed by atoms with Crippen LogP contribution in [0, 0.1) is 0 Å². The first-order chi connectivity index (χ1) is 11.2. The Balaban J connectivity index is 1.70. The van der Waals surface area contributed by atoms with Crippen LogP contribution in [0.1, 0.15) is 31.9 Å². The smallest absolute Gasteiger partial charge is 0.247 e. The summed E-state index contributed by atoms with van der Waals surface area (Å²) < 4.78 is 13.2. The third-order valence-corrected chi connectivity index (χ3v) is 4.83. The van der Waals surface area contributed by atoms with Crippen molar-refractivity contribution in [2.75, 3.05) is 20.3 Å². The Morgan fingerprint density at radius 1 is 1.52 bits per heavy atom. The lowest BCUT2D eigenvalue weighted by atomic mass is 9.88. The lowest BCUT2D eigenvalue weighted by molar-refractivity contribution is -0.149. The van der Waals surface area contributed by atoms with Crippen molar-refractivity contribution in [1.29, 1.82) is 0 Å². The number of hydrogen-bond acceptors (Lipinski definition) is 4. The second-order valence-electron chi connectivity index (χ2n) is 6.08. The Bertz CT molecular complexity index is 569. The molecule has 3 atom stereocenters. The predicted molar refractivity (Wildman–Crippen MR) is 86.8 cm³/mol. The van der Waals surface area contributed by atoms with Crippen LogP contribution in [-0.4, -0.2) is 59.1 Å². The molecule has 3 unspecified atom stereocenters. The number of fused-ring (bicyclic) bond motifs is 1. The highest BCUT2D eigenvalue weighted by Gasteiger charge is 2.39. The summed E-state index contributed by atoms with van der Waals surface area (Å²) in [6, 6.07) is 2.03. The maximum absolute atomic E-state index is 12.7. The minimum absolute atomic E-state index is 0.0453. The number of aromatic nitrogens is 2. The Kier molecular flexibility index (Phi) is 5.13. The standard InChI is InChI=1S/C17H25N3O3/c1-3-20-13(8-9-18-20)4-7-17(21)19-10-11-23-16-6-5-14(22-2)12-15(16)19/h4,7-9,14-16H,3,5-6,10-12H2,1-2H3/b7-4+. The number of aryl methyl sites for hydroxylation is 1. The van der Waals surface area contributed by atoms with Gasteiger partial charge in [0.15, 0.2) is 0 Å². The largest absolute Gasteiger partial charge is 0.381 e. The van der Waals surface area contributed by atoms with E-state index in [-0.39, 0.29) is 24.2 Å². The number of rotatable bonds is 4. The SMILES string of the molecule is CCn1nccc1/C=C/C(=O)N1CCOC2CCC(OC)CC21. The number of nitrogens with zero attached hydrogens (tertiary/aromatic N) is 3. The zero-order valence-corrected chi connectivity index (χ0v) is 13.9. The van der Waals surface area contributed by atoms with Crippen LogP contribution in [0.15, 0.2) is 18.3 Å². The van der Waals surface area contributed by atoms with Crippen molar-refractivity contribution in [2.45, 2.75) is 51.0 Å². The number of carbonyl (C=O) groups is 1. The van der Waals surface area contributed by atoms with Gasteiger partial charge in [0, 0.05) is 32.5 Å². The molecule has 0 N–H and O–H groups in total. The van der Waals surface area contributed by atoms with Gasteiger partial charge < -0.3 is 14.4 Å². The molecule has 1 aromatic rings. The zero-order chi connectivity index (χ0) is 16.2. The van der Waals surface area contributed by atoms with Crippen LogP contribution in [0.4, 0.5) is 0 Å². The molecule has 1 saturated heterocycles. The molecular weight excluding hydrogens is 294 g/mol. The van der Waals surface area contributed by atoms with Gasteiger partial charge in [-0.2, -0.15) is 5.10 Å². The number of ether oxygens (including phenoxy) is 2. The van der Waals surface area contributed by atoms with Crippen LogP contribution < -0.4 is 0 Å². The average Bonchev–Trinajstić information content (AvgIpc) is 3.06. The first-order valence-corrected chi connectivity index (χ1v) is 8.37. The first kappa shape index (κ1) is 16.2. The van der Waals surface area contributed by atoms with E-state index in [0.29, 0.717) is 13.2 Å². The fourth-order valence-electron chi connectivity index (χ4n) is 3.56. The van der Waals surface area contributed by atoms with Gasteiger partial charge in [-0.15, -0.1) is 0 Å². The molecule has 23 heavy (non-hydrogen) atoms. The van der Waals surface area contributed by atoms with E-state index in [0.717, 1.165) is 31.5 Å². The Morgan fingerprint density at radius 3 is 3.17 bits per heavy atom. The molecule has 1 aliphatic heterocycles. The molecule has 3 rings (SSSR count). The van der Waals surface area contributed by atoms with Crippen molar-refractivity contribution < 1.29 is 14.3 Å². The normalized spacial score (nSPS) is 28.1. The highest BCUT2D eigenvalue weighted by molar-refractivity contribution is 5.91. The predicted octanol–water partition coefficient (Wildman–Crippen LogP) is 1.71. The molecule has 1 saturated carbocycles. The lowest BCUT2D eigenvalue weighted by Gasteiger charge is -2.45. The maximum atomic E-state index is 12.7. The number of morpholine rings is 1. The van der Waals surface area contributed by atoms with Crippen LogP contribution in [0.25, 0.3) is 6.08 Å². The summed E-state index contributed by atoms with van der Waals surface area (Å²) >= 11 is 0. The van der Waals surface area contributed by atoms with Crippen LogP contribution in [0.3, 0.4) is 0 Å². The number of carbonyl (C=O) groups excluding carboxylic acids is 1. The summed E-state index contributed by atoms with van der Waals surface area (Å²) in [6.07, 6.45) is 8.44. The van der Waals surface area contributed by atoms with E-state index in [1.54, 1.807) is 19.4 Å². The summed E-state index contributed by atoms with van der Waals surface area (Å²) in [6.45, 7) is 4.09. The molecule has 2 heterocycles. The highest BCUT2D eigenvalue weighted by Crippen LogP contribution is 2.30. The maximum Gasteiger partial charge on any atom is 0.247 e. The molecule has 6 nitrogen and oxygen atoms in total. The van der Waals surface area contributed by atoms with Crippen LogP contribution >= 0.6 is 0 Å². The van der Waals surface area contributed by atoms with Gasteiger partial charge in [-0.1, -0.05) is 0 Å². The Hall–Kier alpha value is -1.66. The lowest BCUT2D eigenvalue weighted by Crippen LogP contribution is -2.56. The van der Waals surface area contributed by atoms with Crippen molar-refractivity contribution in [3.05, 3.63) is 24.0 Å². The van der Waals surface area contributed by atoms with Crippen molar-refractivity contribution in [1.82, 2.24) is 14.7 Å². The third kappa shape index (κ3) is 3.48. The van der Waals surface area contributed by atoms with Gasteiger partial charge in [0.25, 0.3) is 0 Å². The molecule has 1 amide bonds. The van der Waals surface area contributed by atoms with Crippen LogP contribution in [0.5, 0.6) is 0 Å². The molecular formula is C17H25N3O3. The number of amides is 1. The van der Waals surface area contributed by atoms with Gasteiger partial charge >= 0.3 is 0 Å². The van der Waals surface area contributed by atoms with Gasteiger partial charge in [0.2, 0.25) is 5.91 Å². The van der Waals surface area contributed by atoms with E-state index < -0.39 is 0 Å². The molecule has 126 valence electrons. The number of hydrogen-bond donors (Lipinski definition) is 0. The quantitative estimate of drug-likeness (QED) is 0.793. The second-order valence-corrected chi connectivity index (χ2v) is 6.08. The van der Waals surface area contributed by atoms with Gasteiger partial charge in [-0.3, -0.25) is 9.48 Å². The van der Waals surface area contributed by atoms with E-state index in [4.69, 9.17) is 9.47 Å². The topological polar surface area (TPSA) is 56.6 Å². The van der Waals surface area contributed by atoms with Crippen molar-refractivity contribution in [2.24, 2.45) is 0 Å². The Morgan fingerprint density at radius 2 is 2.39 bits per heavy atom. The van der Waals surface area contributed by atoms with E-state index in [9.17, 15) is 4.79 Å². The summed E-state index contributed by atoms with van der Waals surface area (Å²) in [7, 11) is 1.74. The van der Waals surface area contributed by atoms with E-state index >= 15 is 0 Å². The third-order valence-electron chi connectivity index (χ3n) is 4.83. The average molecular weight is 319 g/mol. The summed E-state index contributed by atoms with van der Waals surface area (Å²) in [4.78, 5) is 14.6. The van der Waals surface area contributed by atoms with Crippen molar-refractivity contribution in [3.8, 4) is 0 Å². The fraction of sp³-hybridized carbons (Fsp3) is 0.647. The summed E-state index contributed by atoms with van der Waals surface area (Å²) in [5, 5.41) is 4.22. The molecule has 0 aromatic carbocycles. The first-order valence-electron chi connectivity index (χ1n) is 8.37. The van der Waals surface area contributed by atoms with Gasteiger partial charge in [-0.05, 0) is 38.3 Å². The second kappa shape index (κ2) is 7.27. The molecule has 2 fully saturated rings. The summed E-state index contributed by atoms with van der Waals surface area (Å²) in [5.41, 5.74) is 0.948. The molecule has 1 aromatic heterocycles. The van der Waals surface area contributed by atoms with Gasteiger partial charge in [0.05, 0.1) is 30.6 Å². The molecule has 1 aliphatic carbocycles. The fourth-order valence-corrected chi connectivity index (χ4v) is 3.56. The molecule has 2 aliphatic rings. The van der Waals surface area contributed by atoms with Gasteiger partial charge in [-0.25, -0.2) is 0 Å².